The molecule has 0 aliphatic heterocycles. The van der Waals surface area contributed by atoms with Crippen LogP contribution in [0.1, 0.15) is 226 Å². The molecule has 0 aliphatic rings. The molecule has 0 bridgehead atoms. The van der Waals surface area contributed by atoms with E-state index in [0.29, 0.717) is 6.42 Å². The van der Waals surface area contributed by atoms with Crippen LogP contribution >= 0.6 is 7.82 Å². The zero-order valence-corrected chi connectivity index (χ0v) is 34.2. The maximum absolute atomic E-state index is 12.4. The van der Waals surface area contributed by atoms with Gasteiger partial charge in [-0.05, 0) is 38.5 Å². The highest BCUT2D eigenvalue weighted by atomic mass is 31.2. The highest BCUT2D eigenvalue weighted by Gasteiger charge is 2.22. The summed E-state index contributed by atoms with van der Waals surface area (Å²) in [4.78, 5) is 42.9. The molecule has 8 nitrogen and oxygen atoms in total. The molecule has 0 aromatic heterocycles. The summed E-state index contributed by atoms with van der Waals surface area (Å²) in [5.74, 6) is -0.874. The van der Waals surface area contributed by atoms with E-state index in [2.05, 4.69) is 30.5 Å². The third-order valence-corrected chi connectivity index (χ3v) is 10.0. The lowest BCUT2D eigenvalue weighted by atomic mass is 10.0. The van der Waals surface area contributed by atoms with Crippen molar-refractivity contribution in [2.45, 2.75) is 232 Å². The van der Waals surface area contributed by atoms with Crippen molar-refractivity contribution in [1.29, 1.82) is 0 Å². The minimum absolute atomic E-state index is 0.218. The Hall–Kier alpha value is -1.21. The zero-order valence-electron chi connectivity index (χ0n) is 33.3. The number of phosphoric acid groups is 1. The van der Waals surface area contributed by atoms with Gasteiger partial charge in [0.05, 0.1) is 6.61 Å². The molecule has 302 valence electrons. The fourth-order valence-electron chi connectivity index (χ4n) is 6.31. The summed E-state index contributed by atoms with van der Waals surface area (Å²) in [6.07, 6.45) is 42.1. The first kappa shape index (κ1) is 49.8. The van der Waals surface area contributed by atoms with Crippen molar-refractivity contribution >= 4 is 19.8 Å². The molecule has 0 aliphatic carbocycles. The number of unbranched alkanes of at least 4 members (excludes halogenated alkanes) is 28. The first-order valence-corrected chi connectivity index (χ1v) is 23.0. The van der Waals surface area contributed by atoms with Gasteiger partial charge in [0, 0.05) is 12.8 Å². The Balaban J connectivity index is 3.87. The molecular formula is C42H81O8P. The maximum Gasteiger partial charge on any atom is 0.469 e. The number of phosphoric ester groups is 1. The van der Waals surface area contributed by atoms with Gasteiger partial charge < -0.3 is 19.3 Å². The molecule has 0 saturated heterocycles. The van der Waals surface area contributed by atoms with E-state index in [-0.39, 0.29) is 19.4 Å². The SMILES string of the molecule is CCCCCC/C=C/CCCCCCCCCCCC(=O)OC[C@H](COP(=O)(O)O)OC(=O)CCCCCCCCCCCCCCCCCC. The predicted molar refractivity (Wildman–Crippen MR) is 212 cm³/mol. The summed E-state index contributed by atoms with van der Waals surface area (Å²) in [6, 6.07) is 0. The minimum atomic E-state index is -4.75. The minimum Gasteiger partial charge on any atom is -0.462 e. The van der Waals surface area contributed by atoms with Gasteiger partial charge in [0.2, 0.25) is 0 Å². The Labute approximate surface area is 314 Å². The summed E-state index contributed by atoms with van der Waals surface area (Å²) in [5.41, 5.74) is 0. The Kier molecular flexibility index (Phi) is 37.6. The van der Waals surface area contributed by atoms with Gasteiger partial charge in [-0.3, -0.25) is 14.1 Å². The number of hydrogen-bond acceptors (Lipinski definition) is 6. The van der Waals surface area contributed by atoms with Crippen LogP contribution in [-0.2, 0) is 28.2 Å². The molecule has 0 aromatic carbocycles. The first-order valence-electron chi connectivity index (χ1n) is 21.5. The number of ether oxygens (including phenoxy) is 2. The fourth-order valence-corrected chi connectivity index (χ4v) is 6.67. The van der Waals surface area contributed by atoms with E-state index in [1.54, 1.807) is 0 Å². The second-order valence-corrected chi connectivity index (χ2v) is 15.9. The Morgan fingerprint density at radius 3 is 1.22 bits per heavy atom. The van der Waals surface area contributed by atoms with Crippen LogP contribution in [0, 0.1) is 0 Å². The molecule has 9 heteroatoms. The predicted octanol–water partition coefficient (Wildman–Crippen LogP) is 13.0. The molecule has 0 unspecified atom stereocenters. The van der Waals surface area contributed by atoms with Crippen LogP contribution in [0.2, 0.25) is 0 Å². The van der Waals surface area contributed by atoms with Gasteiger partial charge in [0.1, 0.15) is 6.61 Å². The van der Waals surface area contributed by atoms with Crippen LogP contribution in [-0.4, -0.2) is 41.0 Å². The van der Waals surface area contributed by atoms with Gasteiger partial charge in [-0.25, -0.2) is 4.57 Å². The second kappa shape index (κ2) is 38.5. The lowest BCUT2D eigenvalue weighted by Gasteiger charge is -2.18. The molecular weight excluding hydrogens is 663 g/mol. The molecule has 0 heterocycles. The number of allylic oxidation sites excluding steroid dienone is 2. The molecule has 0 fully saturated rings. The highest BCUT2D eigenvalue weighted by Crippen LogP contribution is 2.36. The average Bonchev–Trinajstić information content (AvgIpc) is 3.10. The van der Waals surface area contributed by atoms with Crippen molar-refractivity contribution in [2.24, 2.45) is 0 Å². The molecule has 0 amide bonds. The van der Waals surface area contributed by atoms with E-state index in [0.717, 1.165) is 32.1 Å². The number of rotatable bonds is 40. The van der Waals surface area contributed by atoms with Gasteiger partial charge >= 0.3 is 19.8 Å². The van der Waals surface area contributed by atoms with E-state index in [9.17, 15) is 14.2 Å². The van der Waals surface area contributed by atoms with Crippen LogP contribution in [0.15, 0.2) is 12.2 Å². The number of carbonyl (C=O) groups is 2. The average molecular weight is 745 g/mol. The van der Waals surface area contributed by atoms with E-state index >= 15 is 0 Å². The topological polar surface area (TPSA) is 119 Å². The zero-order chi connectivity index (χ0) is 37.5. The molecule has 2 N–H and O–H groups in total. The highest BCUT2D eigenvalue weighted by molar-refractivity contribution is 7.46. The quantitative estimate of drug-likeness (QED) is 0.0275. The fraction of sp³-hybridized carbons (Fsp3) is 0.905. The van der Waals surface area contributed by atoms with E-state index in [4.69, 9.17) is 19.3 Å². The summed E-state index contributed by atoms with van der Waals surface area (Å²) >= 11 is 0. The van der Waals surface area contributed by atoms with Crippen molar-refractivity contribution < 1.29 is 37.9 Å². The monoisotopic (exact) mass is 745 g/mol. The Morgan fingerprint density at radius 1 is 0.490 bits per heavy atom. The Bertz CT molecular complexity index is 843. The van der Waals surface area contributed by atoms with Gasteiger partial charge in [0.15, 0.2) is 6.10 Å². The first-order chi connectivity index (χ1) is 24.8. The molecule has 0 saturated carbocycles. The number of esters is 2. The van der Waals surface area contributed by atoms with Crippen LogP contribution in [0.4, 0.5) is 0 Å². The van der Waals surface area contributed by atoms with E-state index in [1.165, 1.54) is 161 Å². The largest absolute Gasteiger partial charge is 0.469 e. The van der Waals surface area contributed by atoms with Crippen molar-refractivity contribution in [3.8, 4) is 0 Å². The molecule has 51 heavy (non-hydrogen) atoms. The van der Waals surface area contributed by atoms with E-state index in [1.807, 2.05) is 0 Å². The lowest BCUT2D eigenvalue weighted by Crippen LogP contribution is -2.29. The number of hydrogen-bond donors (Lipinski definition) is 2. The molecule has 1 atom stereocenters. The normalized spacial score (nSPS) is 12.5. The molecule has 0 radical (unpaired) electrons. The Morgan fingerprint density at radius 2 is 0.824 bits per heavy atom. The molecule has 0 aromatic rings. The smallest absolute Gasteiger partial charge is 0.462 e. The van der Waals surface area contributed by atoms with Crippen molar-refractivity contribution in [3.05, 3.63) is 12.2 Å². The van der Waals surface area contributed by atoms with Crippen molar-refractivity contribution in [1.82, 2.24) is 0 Å². The van der Waals surface area contributed by atoms with Crippen LogP contribution in [0.25, 0.3) is 0 Å². The number of carbonyl (C=O) groups excluding carboxylic acids is 2. The standard InChI is InChI=1S/C42H81O8P/c1-3-5-7-9-11-13-15-17-19-21-23-24-26-28-30-32-34-36-41(43)48-38-40(39-49-51(45,46)47)50-42(44)37-35-33-31-29-27-25-22-20-18-16-14-12-10-8-6-4-2/h13,15,40H,3-12,14,16-39H2,1-2H3,(H2,45,46,47)/b15-13+/t40-/m1/s1. The second-order valence-electron chi connectivity index (χ2n) is 14.7. The van der Waals surface area contributed by atoms with Crippen LogP contribution < -0.4 is 0 Å². The van der Waals surface area contributed by atoms with E-state index < -0.39 is 32.5 Å². The van der Waals surface area contributed by atoms with Gasteiger partial charge in [-0.15, -0.1) is 0 Å². The lowest BCUT2D eigenvalue weighted by molar-refractivity contribution is -0.161. The maximum atomic E-state index is 12.4. The van der Waals surface area contributed by atoms with Crippen LogP contribution in [0.5, 0.6) is 0 Å². The molecule has 0 rings (SSSR count). The van der Waals surface area contributed by atoms with Gasteiger partial charge in [-0.2, -0.15) is 0 Å². The van der Waals surface area contributed by atoms with Gasteiger partial charge in [-0.1, -0.05) is 187 Å². The summed E-state index contributed by atoms with van der Waals surface area (Å²) in [7, 11) is -4.75. The summed E-state index contributed by atoms with van der Waals surface area (Å²) in [6.45, 7) is 3.70. The van der Waals surface area contributed by atoms with Crippen molar-refractivity contribution in [3.63, 3.8) is 0 Å². The van der Waals surface area contributed by atoms with Crippen molar-refractivity contribution in [2.75, 3.05) is 13.2 Å². The summed E-state index contributed by atoms with van der Waals surface area (Å²) in [5, 5.41) is 0. The van der Waals surface area contributed by atoms with Gasteiger partial charge in [0.25, 0.3) is 0 Å². The molecule has 0 spiro atoms. The third-order valence-electron chi connectivity index (χ3n) is 9.53. The van der Waals surface area contributed by atoms with Crippen LogP contribution in [0.3, 0.4) is 0 Å². The summed E-state index contributed by atoms with van der Waals surface area (Å²) < 4.78 is 26.4. The third kappa shape index (κ3) is 41.4.